The fourth-order valence-electron chi connectivity index (χ4n) is 2.24. The summed E-state index contributed by atoms with van der Waals surface area (Å²) in [6.07, 6.45) is -0.0678. The van der Waals surface area contributed by atoms with Crippen LogP contribution in [0.1, 0.15) is 17.5 Å². The van der Waals surface area contributed by atoms with E-state index in [-0.39, 0.29) is 18.9 Å². The second-order valence-corrected chi connectivity index (χ2v) is 6.76. The molecule has 1 aromatic carbocycles. The van der Waals surface area contributed by atoms with Crippen molar-refractivity contribution < 1.29 is 13.2 Å². The highest BCUT2D eigenvalue weighted by Gasteiger charge is 2.37. The molecular weight excluding hydrogens is 266 g/mol. The zero-order chi connectivity index (χ0) is 14.4. The molecular formula is C12H17N3O3S. The number of hydrogen-bond acceptors (Lipinski definition) is 4. The van der Waals surface area contributed by atoms with Gasteiger partial charge in [-0.2, -0.15) is 0 Å². The van der Waals surface area contributed by atoms with Gasteiger partial charge in [0, 0.05) is 24.3 Å². The van der Waals surface area contributed by atoms with E-state index < -0.39 is 15.3 Å². The molecule has 1 aromatic rings. The Morgan fingerprint density at radius 2 is 1.89 bits per heavy atom. The highest BCUT2D eigenvalue weighted by molar-refractivity contribution is 7.89. The minimum Gasteiger partial charge on any atom is -0.399 e. The van der Waals surface area contributed by atoms with E-state index in [0.29, 0.717) is 11.4 Å². The number of carbonyl (C=O) groups excluding carboxylic acids is 1. The molecule has 1 heterocycles. The zero-order valence-corrected chi connectivity index (χ0v) is 11.7. The summed E-state index contributed by atoms with van der Waals surface area (Å²) in [6.45, 7) is 3.78. The summed E-state index contributed by atoms with van der Waals surface area (Å²) in [6, 6.07) is 3.58. The highest BCUT2D eigenvalue weighted by atomic mass is 32.2. The largest absolute Gasteiger partial charge is 0.399 e. The van der Waals surface area contributed by atoms with Crippen LogP contribution in [0.15, 0.2) is 12.1 Å². The van der Waals surface area contributed by atoms with Gasteiger partial charge in [0.2, 0.25) is 15.9 Å². The fourth-order valence-corrected chi connectivity index (χ4v) is 2.97. The van der Waals surface area contributed by atoms with Crippen molar-refractivity contribution in [3.63, 3.8) is 0 Å². The zero-order valence-electron chi connectivity index (χ0n) is 10.9. The van der Waals surface area contributed by atoms with Crippen molar-refractivity contribution in [3.8, 4) is 0 Å². The van der Waals surface area contributed by atoms with Crippen molar-refractivity contribution in [2.75, 3.05) is 17.2 Å². The standard InChI is InChI=1S/C12H17N3O3S/c1-7-4-11(8(2)3-10(7)13)15-6-9(5-12(15)16)19(14,17)18/h3-4,9H,5-6,13H2,1-2H3,(H2,14,17,18). The quantitative estimate of drug-likeness (QED) is 0.760. The molecule has 19 heavy (non-hydrogen) atoms. The smallest absolute Gasteiger partial charge is 0.228 e. The van der Waals surface area contributed by atoms with E-state index >= 15 is 0 Å². The Bertz CT molecular complexity index is 640. The average Bonchev–Trinajstić information content (AvgIpc) is 2.65. The molecule has 104 valence electrons. The van der Waals surface area contributed by atoms with E-state index in [1.54, 1.807) is 12.1 Å². The lowest BCUT2D eigenvalue weighted by Crippen LogP contribution is -2.32. The molecule has 4 N–H and O–H groups in total. The number of sulfonamides is 1. The predicted molar refractivity (Wildman–Crippen MR) is 74.2 cm³/mol. The van der Waals surface area contributed by atoms with Gasteiger partial charge >= 0.3 is 0 Å². The third-order valence-corrected chi connectivity index (χ3v) is 4.67. The summed E-state index contributed by atoms with van der Waals surface area (Å²) in [5.41, 5.74) is 8.84. The van der Waals surface area contributed by atoms with E-state index in [1.165, 1.54) is 4.90 Å². The molecule has 0 saturated carbocycles. The van der Waals surface area contributed by atoms with Gasteiger partial charge in [-0.3, -0.25) is 4.79 Å². The first-order valence-corrected chi connectivity index (χ1v) is 7.50. The average molecular weight is 283 g/mol. The van der Waals surface area contributed by atoms with Crippen LogP contribution in [-0.4, -0.2) is 26.1 Å². The number of nitrogen functional groups attached to an aromatic ring is 1. The van der Waals surface area contributed by atoms with Crippen molar-refractivity contribution in [1.29, 1.82) is 0 Å². The normalized spacial score (nSPS) is 20.1. The molecule has 1 fully saturated rings. The monoisotopic (exact) mass is 283 g/mol. The van der Waals surface area contributed by atoms with Crippen molar-refractivity contribution in [3.05, 3.63) is 23.3 Å². The van der Waals surface area contributed by atoms with Gasteiger partial charge in [-0.15, -0.1) is 0 Å². The molecule has 0 bridgehead atoms. The first-order chi connectivity index (χ1) is 8.70. The van der Waals surface area contributed by atoms with Gasteiger partial charge in [-0.25, -0.2) is 13.6 Å². The number of carbonyl (C=O) groups is 1. The number of nitrogens with two attached hydrogens (primary N) is 2. The second-order valence-electron chi connectivity index (χ2n) is 4.91. The number of nitrogens with zero attached hydrogens (tertiary/aromatic N) is 1. The van der Waals surface area contributed by atoms with E-state index in [4.69, 9.17) is 10.9 Å². The van der Waals surface area contributed by atoms with Crippen LogP contribution < -0.4 is 15.8 Å². The SMILES string of the molecule is Cc1cc(N2CC(S(N)(=O)=O)CC2=O)c(C)cc1N. The molecule has 6 nitrogen and oxygen atoms in total. The van der Waals surface area contributed by atoms with Gasteiger partial charge in [-0.1, -0.05) is 0 Å². The molecule has 7 heteroatoms. The summed E-state index contributed by atoms with van der Waals surface area (Å²) < 4.78 is 22.7. The van der Waals surface area contributed by atoms with E-state index in [9.17, 15) is 13.2 Å². The highest BCUT2D eigenvalue weighted by Crippen LogP contribution is 2.30. The van der Waals surface area contributed by atoms with Crippen LogP contribution in [-0.2, 0) is 14.8 Å². The number of aryl methyl sites for hydroxylation is 2. The van der Waals surface area contributed by atoms with Crippen LogP contribution in [0.2, 0.25) is 0 Å². The molecule has 1 saturated heterocycles. The Morgan fingerprint density at radius 3 is 2.42 bits per heavy atom. The lowest BCUT2D eigenvalue weighted by molar-refractivity contribution is -0.117. The third kappa shape index (κ3) is 2.57. The fraction of sp³-hybridized carbons (Fsp3) is 0.417. The van der Waals surface area contributed by atoms with Gasteiger partial charge in [0.05, 0.1) is 0 Å². The summed E-state index contributed by atoms with van der Waals surface area (Å²) >= 11 is 0. The Hall–Kier alpha value is -1.60. The van der Waals surface area contributed by atoms with Gasteiger partial charge in [0.15, 0.2) is 0 Å². The molecule has 0 aliphatic carbocycles. The Kier molecular flexibility index (Phi) is 3.27. The maximum absolute atomic E-state index is 12.0. The number of primary sulfonamides is 1. The van der Waals surface area contributed by atoms with Crippen molar-refractivity contribution in [2.45, 2.75) is 25.5 Å². The lowest BCUT2D eigenvalue weighted by atomic mass is 10.1. The molecule has 1 aliphatic rings. The van der Waals surface area contributed by atoms with Gasteiger partial charge < -0.3 is 10.6 Å². The minimum atomic E-state index is -3.69. The van der Waals surface area contributed by atoms with Crippen LogP contribution in [0.4, 0.5) is 11.4 Å². The second kappa shape index (κ2) is 4.50. The third-order valence-electron chi connectivity index (χ3n) is 3.43. The molecule has 1 unspecified atom stereocenters. The van der Waals surface area contributed by atoms with E-state index in [0.717, 1.165) is 11.1 Å². The maximum Gasteiger partial charge on any atom is 0.228 e. The van der Waals surface area contributed by atoms with Gasteiger partial charge in [0.25, 0.3) is 0 Å². The van der Waals surface area contributed by atoms with E-state index in [2.05, 4.69) is 0 Å². The van der Waals surface area contributed by atoms with Crippen LogP contribution in [0.3, 0.4) is 0 Å². The molecule has 1 aliphatic heterocycles. The molecule has 2 rings (SSSR count). The number of rotatable bonds is 2. The van der Waals surface area contributed by atoms with Crippen molar-refractivity contribution in [2.24, 2.45) is 5.14 Å². The minimum absolute atomic E-state index is 0.0678. The summed E-state index contributed by atoms with van der Waals surface area (Å²) in [5, 5.41) is 4.27. The topological polar surface area (TPSA) is 106 Å². The molecule has 1 atom stereocenters. The Balaban J connectivity index is 2.39. The van der Waals surface area contributed by atoms with Crippen LogP contribution in [0.5, 0.6) is 0 Å². The Labute approximate surface area is 112 Å². The van der Waals surface area contributed by atoms with Crippen molar-refractivity contribution >= 4 is 27.3 Å². The van der Waals surface area contributed by atoms with E-state index in [1.807, 2.05) is 13.8 Å². The first kappa shape index (κ1) is 13.8. The van der Waals surface area contributed by atoms with Gasteiger partial charge in [0.1, 0.15) is 5.25 Å². The molecule has 0 spiro atoms. The van der Waals surface area contributed by atoms with Crippen molar-refractivity contribution in [1.82, 2.24) is 0 Å². The van der Waals surface area contributed by atoms with Crippen LogP contribution in [0.25, 0.3) is 0 Å². The molecule has 0 radical (unpaired) electrons. The number of benzene rings is 1. The summed E-state index contributed by atoms with van der Waals surface area (Å²) in [4.78, 5) is 13.4. The van der Waals surface area contributed by atoms with Crippen LogP contribution >= 0.6 is 0 Å². The summed E-state index contributed by atoms with van der Waals surface area (Å²) in [5.74, 6) is -0.230. The molecule has 1 amide bonds. The maximum atomic E-state index is 12.0. The predicted octanol–water partition coefficient (Wildman–Crippen LogP) is 0.279. The van der Waals surface area contributed by atoms with Gasteiger partial charge in [-0.05, 0) is 37.1 Å². The Morgan fingerprint density at radius 1 is 1.26 bits per heavy atom. The van der Waals surface area contributed by atoms with Crippen LogP contribution in [0, 0.1) is 13.8 Å². The number of anilines is 2. The summed E-state index contributed by atoms with van der Waals surface area (Å²) in [7, 11) is -3.69. The number of amides is 1. The first-order valence-electron chi connectivity index (χ1n) is 5.89. The lowest BCUT2D eigenvalue weighted by Gasteiger charge is -2.20. The molecule has 0 aromatic heterocycles. The number of hydrogen-bond donors (Lipinski definition) is 2.